The number of sulfonamides is 1. The van der Waals surface area contributed by atoms with Crippen LogP contribution in [0.25, 0.3) is 0 Å². The third-order valence-electron chi connectivity index (χ3n) is 7.23. The maximum absolute atomic E-state index is 13.7. The molecule has 0 unspecified atom stereocenters. The number of nitrogens with two attached hydrogens (primary N) is 1. The van der Waals surface area contributed by atoms with Gasteiger partial charge in [-0.25, -0.2) is 17.2 Å². The smallest absolute Gasteiger partial charge is 0.293 e. The summed E-state index contributed by atoms with van der Waals surface area (Å²) in [6, 6.07) is 9.33. The van der Waals surface area contributed by atoms with E-state index in [0.29, 0.717) is 17.3 Å². The molecule has 0 bridgehead atoms. The minimum atomic E-state index is -3.60. The summed E-state index contributed by atoms with van der Waals surface area (Å²) in [6.07, 6.45) is 3.77. The molecule has 0 atom stereocenters. The molecule has 9 nitrogen and oxygen atoms in total. The SMILES string of the molecule is CCC1(COC(C(=O)Nc2cc(F)cc(F)c2)=C(C=N)N2CCN(S(=O)(=O)Cc3ccc(N)cc3)CC2)CC1. The average molecular weight is 562 g/mol. The molecule has 4 rings (SSSR count). The highest BCUT2D eigenvalue weighted by Crippen LogP contribution is 2.49. The quantitative estimate of drug-likeness (QED) is 0.166. The largest absolute Gasteiger partial charge is 0.486 e. The Morgan fingerprint density at radius 1 is 1.10 bits per heavy atom. The van der Waals surface area contributed by atoms with Gasteiger partial charge in [0.2, 0.25) is 15.8 Å². The minimum Gasteiger partial charge on any atom is -0.486 e. The lowest BCUT2D eigenvalue weighted by Crippen LogP contribution is -2.49. The Morgan fingerprint density at radius 2 is 1.72 bits per heavy atom. The highest BCUT2D eigenvalue weighted by molar-refractivity contribution is 7.88. The lowest BCUT2D eigenvalue weighted by Gasteiger charge is -2.36. The topological polar surface area (TPSA) is 129 Å². The number of allylic oxidation sites excluding steroid dienone is 1. The first-order valence-corrected chi connectivity index (χ1v) is 14.4. The van der Waals surface area contributed by atoms with Crippen LogP contribution in [0, 0.1) is 22.5 Å². The standard InChI is InChI=1S/C27H33F2N5O4S/c1-2-27(7-8-27)18-38-25(26(35)32-23-14-20(28)13-21(29)15-23)24(16-30)33-9-11-34(12-10-33)39(36,37)17-19-3-5-22(31)6-4-19/h3-6,13-16,30H,2,7-12,17-18,31H2,1H3,(H,32,35). The summed E-state index contributed by atoms with van der Waals surface area (Å²) in [6.45, 7) is 3.04. The first-order valence-electron chi connectivity index (χ1n) is 12.8. The molecule has 2 aliphatic rings. The van der Waals surface area contributed by atoms with Crippen molar-refractivity contribution in [2.45, 2.75) is 31.9 Å². The second-order valence-corrected chi connectivity index (χ2v) is 12.0. The van der Waals surface area contributed by atoms with Gasteiger partial charge in [0.15, 0.2) is 0 Å². The number of nitrogen functional groups attached to an aromatic ring is 1. The van der Waals surface area contributed by atoms with Gasteiger partial charge in [0.05, 0.1) is 12.4 Å². The van der Waals surface area contributed by atoms with E-state index in [4.69, 9.17) is 15.9 Å². The van der Waals surface area contributed by atoms with Gasteiger partial charge in [-0.15, -0.1) is 0 Å². The van der Waals surface area contributed by atoms with Gasteiger partial charge in [-0.1, -0.05) is 19.1 Å². The fraction of sp³-hybridized carbons (Fsp3) is 0.407. The van der Waals surface area contributed by atoms with Crippen LogP contribution in [0.15, 0.2) is 53.9 Å². The molecule has 2 aromatic rings. The van der Waals surface area contributed by atoms with Gasteiger partial charge in [-0.05, 0) is 49.1 Å². The van der Waals surface area contributed by atoms with Crippen molar-refractivity contribution in [2.24, 2.45) is 5.41 Å². The van der Waals surface area contributed by atoms with E-state index >= 15 is 0 Å². The maximum atomic E-state index is 13.7. The van der Waals surface area contributed by atoms with Crippen LogP contribution in [0.3, 0.4) is 0 Å². The van der Waals surface area contributed by atoms with Crippen LogP contribution in [0.5, 0.6) is 0 Å². The van der Waals surface area contributed by atoms with Gasteiger partial charge in [0.1, 0.15) is 17.3 Å². The number of rotatable bonds is 11. The zero-order valence-corrected chi connectivity index (χ0v) is 22.6. The molecular formula is C27H33F2N5O4S. The molecule has 4 N–H and O–H groups in total. The van der Waals surface area contributed by atoms with Crippen molar-refractivity contribution < 1.29 is 26.7 Å². The van der Waals surface area contributed by atoms with Gasteiger partial charge in [-0.3, -0.25) is 4.79 Å². The van der Waals surface area contributed by atoms with Crippen molar-refractivity contribution in [1.82, 2.24) is 9.21 Å². The van der Waals surface area contributed by atoms with Crippen LogP contribution in [-0.2, 0) is 25.3 Å². The van der Waals surface area contributed by atoms with Gasteiger partial charge < -0.3 is 26.1 Å². The van der Waals surface area contributed by atoms with Crippen LogP contribution < -0.4 is 11.1 Å². The molecule has 1 saturated heterocycles. The van der Waals surface area contributed by atoms with Crippen LogP contribution in [0.1, 0.15) is 31.7 Å². The van der Waals surface area contributed by atoms with Gasteiger partial charge in [0, 0.05) is 55.2 Å². The molecule has 1 aliphatic carbocycles. The predicted molar refractivity (Wildman–Crippen MR) is 145 cm³/mol. The number of hydrogen-bond donors (Lipinski definition) is 3. The summed E-state index contributed by atoms with van der Waals surface area (Å²) in [5.74, 6) is -2.75. The highest BCUT2D eigenvalue weighted by atomic mass is 32.2. The van der Waals surface area contributed by atoms with E-state index in [1.807, 2.05) is 6.92 Å². The van der Waals surface area contributed by atoms with Crippen molar-refractivity contribution >= 4 is 33.5 Å². The third-order valence-corrected chi connectivity index (χ3v) is 9.08. The summed E-state index contributed by atoms with van der Waals surface area (Å²) < 4.78 is 60.8. The fourth-order valence-electron chi connectivity index (χ4n) is 4.50. The Balaban J connectivity index is 1.51. The zero-order valence-electron chi connectivity index (χ0n) is 21.8. The van der Waals surface area contributed by atoms with Crippen LogP contribution in [-0.4, -0.2) is 62.5 Å². The van der Waals surface area contributed by atoms with Crippen LogP contribution in [0.2, 0.25) is 0 Å². The molecule has 1 amide bonds. The Kier molecular flexibility index (Phi) is 8.55. The number of halogens is 2. The second kappa shape index (κ2) is 11.7. The fourth-order valence-corrected chi connectivity index (χ4v) is 6.01. The molecule has 39 heavy (non-hydrogen) atoms. The minimum absolute atomic E-state index is 0.0431. The number of ether oxygens (including phenoxy) is 1. The highest BCUT2D eigenvalue weighted by Gasteiger charge is 2.42. The van der Waals surface area contributed by atoms with Crippen molar-refractivity contribution in [3.05, 3.63) is 71.1 Å². The van der Waals surface area contributed by atoms with E-state index in [0.717, 1.165) is 37.6 Å². The number of carbonyl (C=O) groups excluding carboxylic acids is 1. The zero-order chi connectivity index (χ0) is 28.2. The summed E-state index contributed by atoms with van der Waals surface area (Å²) in [5.41, 5.74) is 6.90. The monoisotopic (exact) mass is 561 g/mol. The van der Waals surface area contributed by atoms with Crippen molar-refractivity contribution in [1.29, 1.82) is 5.41 Å². The Hall–Kier alpha value is -3.51. The van der Waals surface area contributed by atoms with Crippen molar-refractivity contribution in [3.8, 4) is 0 Å². The molecule has 2 fully saturated rings. The van der Waals surface area contributed by atoms with E-state index in [9.17, 15) is 22.0 Å². The van der Waals surface area contributed by atoms with Crippen LogP contribution >= 0.6 is 0 Å². The van der Waals surface area contributed by atoms with Gasteiger partial charge in [-0.2, -0.15) is 4.31 Å². The molecule has 0 spiro atoms. The number of piperazine rings is 1. The lowest BCUT2D eigenvalue weighted by molar-refractivity contribution is -0.116. The molecule has 0 radical (unpaired) electrons. The lowest BCUT2D eigenvalue weighted by atomic mass is 10.1. The molecule has 1 saturated carbocycles. The third kappa shape index (κ3) is 7.12. The van der Waals surface area contributed by atoms with Gasteiger partial charge >= 0.3 is 0 Å². The number of nitrogens with zero attached hydrogens (tertiary/aromatic N) is 2. The van der Waals surface area contributed by atoms with Crippen molar-refractivity contribution in [2.75, 3.05) is 43.8 Å². The number of amides is 1. The molecule has 2 aromatic carbocycles. The van der Waals surface area contributed by atoms with E-state index in [1.54, 1.807) is 29.2 Å². The average Bonchev–Trinajstić information content (AvgIpc) is 3.67. The second-order valence-electron chi connectivity index (χ2n) is 10.00. The number of nitrogens with one attached hydrogen (secondary N) is 2. The summed E-state index contributed by atoms with van der Waals surface area (Å²) in [7, 11) is -3.60. The predicted octanol–water partition coefficient (Wildman–Crippen LogP) is 3.70. The summed E-state index contributed by atoms with van der Waals surface area (Å²) in [4.78, 5) is 15.0. The molecule has 12 heteroatoms. The summed E-state index contributed by atoms with van der Waals surface area (Å²) >= 11 is 0. The number of hydrogen-bond acceptors (Lipinski definition) is 7. The Labute approximate surface area is 227 Å². The first-order chi connectivity index (χ1) is 18.5. The van der Waals surface area contributed by atoms with Crippen molar-refractivity contribution in [3.63, 3.8) is 0 Å². The summed E-state index contributed by atoms with van der Waals surface area (Å²) in [5, 5.41) is 10.5. The molecule has 1 aliphatic heterocycles. The normalized spacial score (nSPS) is 17.8. The van der Waals surface area contributed by atoms with E-state index < -0.39 is 27.6 Å². The number of carbonyl (C=O) groups is 1. The maximum Gasteiger partial charge on any atom is 0.293 e. The van der Waals surface area contributed by atoms with E-state index in [2.05, 4.69) is 5.32 Å². The molecular weight excluding hydrogens is 528 g/mol. The molecule has 0 aromatic heterocycles. The van der Waals surface area contributed by atoms with E-state index in [-0.39, 0.29) is 61.1 Å². The van der Waals surface area contributed by atoms with Gasteiger partial charge in [0.25, 0.3) is 5.91 Å². The number of anilines is 2. The van der Waals surface area contributed by atoms with E-state index in [1.165, 1.54) is 4.31 Å². The number of benzene rings is 2. The Bertz CT molecular complexity index is 1330. The van der Waals surface area contributed by atoms with Crippen LogP contribution in [0.4, 0.5) is 20.2 Å². The molecule has 1 heterocycles. The molecule has 210 valence electrons. The first kappa shape index (κ1) is 28.5. The Morgan fingerprint density at radius 3 is 2.26 bits per heavy atom.